The Kier molecular flexibility index (Phi) is 5.25. The number of carbonyl (C=O) groups is 2. The van der Waals surface area contributed by atoms with Gasteiger partial charge in [0.25, 0.3) is 0 Å². The number of benzene rings is 1. The molecule has 144 valence electrons. The van der Waals surface area contributed by atoms with Gasteiger partial charge in [-0.05, 0) is 12.0 Å². The van der Waals surface area contributed by atoms with Crippen molar-refractivity contribution in [3.63, 3.8) is 0 Å². The molecule has 0 bridgehead atoms. The molecule has 1 fully saturated rings. The largest absolute Gasteiger partial charge is 0.481 e. The summed E-state index contributed by atoms with van der Waals surface area (Å²) in [5.41, 5.74) is -3.34. The molecule has 2 unspecified atom stereocenters. The summed E-state index contributed by atoms with van der Waals surface area (Å²) in [5, 5.41) is 8.95. The Hall–Kier alpha value is -2.26. The first kappa shape index (κ1) is 20.1. The molecule has 4 nitrogen and oxygen atoms in total. The van der Waals surface area contributed by atoms with Gasteiger partial charge in [-0.15, -0.1) is 0 Å². The van der Waals surface area contributed by atoms with E-state index in [2.05, 4.69) is 0 Å². The first-order valence-electron chi connectivity index (χ1n) is 7.58. The van der Waals surface area contributed by atoms with Crippen LogP contribution in [-0.4, -0.2) is 47.3 Å². The first-order chi connectivity index (χ1) is 11.9. The molecule has 26 heavy (non-hydrogen) atoms. The molecule has 1 aromatic carbocycles. The van der Waals surface area contributed by atoms with Crippen LogP contribution in [0.15, 0.2) is 30.3 Å². The number of carboxylic acid groups (broad SMARTS) is 1. The van der Waals surface area contributed by atoms with Crippen molar-refractivity contribution >= 4 is 11.9 Å². The molecule has 1 N–H and O–H groups in total. The Morgan fingerprint density at radius 1 is 1.12 bits per heavy atom. The van der Waals surface area contributed by atoms with Crippen molar-refractivity contribution in [3.8, 4) is 0 Å². The molecule has 0 spiro atoms. The number of amides is 1. The monoisotopic (exact) mass is 383 g/mol. The number of hydrogen-bond acceptors (Lipinski definition) is 2. The second-order valence-corrected chi connectivity index (χ2v) is 6.16. The minimum Gasteiger partial charge on any atom is -0.481 e. The van der Waals surface area contributed by atoms with E-state index in [0.29, 0.717) is 4.90 Å². The highest BCUT2D eigenvalue weighted by molar-refractivity contribution is 5.81. The molecule has 10 heteroatoms. The summed E-state index contributed by atoms with van der Waals surface area (Å²) >= 11 is 0. The van der Waals surface area contributed by atoms with Gasteiger partial charge in [0.15, 0.2) is 5.41 Å². The van der Waals surface area contributed by atoms with Gasteiger partial charge in [-0.2, -0.15) is 26.3 Å². The smallest absolute Gasteiger partial charge is 0.406 e. The quantitative estimate of drug-likeness (QED) is 0.809. The molecule has 2 atom stereocenters. The number of carbonyl (C=O) groups excluding carboxylic acids is 1. The molecule has 0 saturated carbocycles. The normalized spacial score (nSPS) is 22.3. The molecule has 1 aliphatic heterocycles. The van der Waals surface area contributed by atoms with E-state index in [4.69, 9.17) is 5.11 Å². The van der Waals surface area contributed by atoms with E-state index in [0.717, 1.165) is 0 Å². The van der Waals surface area contributed by atoms with E-state index >= 15 is 0 Å². The summed E-state index contributed by atoms with van der Waals surface area (Å²) < 4.78 is 79.2. The van der Waals surface area contributed by atoms with Crippen LogP contribution in [0.3, 0.4) is 0 Å². The molecule has 0 aliphatic carbocycles. The average molecular weight is 383 g/mol. The zero-order chi connectivity index (χ0) is 19.8. The van der Waals surface area contributed by atoms with Crippen LogP contribution in [0.4, 0.5) is 26.3 Å². The van der Waals surface area contributed by atoms with E-state index in [9.17, 15) is 35.9 Å². The lowest BCUT2D eigenvalue weighted by Crippen LogP contribution is -2.48. The lowest BCUT2D eigenvalue weighted by atomic mass is 9.86. The second kappa shape index (κ2) is 6.81. The van der Waals surface area contributed by atoms with Crippen molar-refractivity contribution in [3.05, 3.63) is 35.9 Å². The van der Waals surface area contributed by atoms with Gasteiger partial charge in [0, 0.05) is 19.5 Å². The number of alkyl halides is 6. The predicted molar refractivity (Wildman–Crippen MR) is 77.2 cm³/mol. The predicted octanol–water partition coefficient (Wildman–Crippen LogP) is 3.59. The highest BCUT2D eigenvalue weighted by Gasteiger charge is 2.64. The molecule has 0 aromatic heterocycles. The molecule has 1 amide bonds. The number of carboxylic acids is 1. The van der Waals surface area contributed by atoms with Crippen LogP contribution in [0.5, 0.6) is 0 Å². The highest BCUT2D eigenvalue weighted by Crippen LogP contribution is 2.46. The first-order valence-corrected chi connectivity index (χ1v) is 7.58. The van der Waals surface area contributed by atoms with Gasteiger partial charge in [-0.1, -0.05) is 30.3 Å². The highest BCUT2D eigenvalue weighted by atomic mass is 19.4. The second-order valence-electron chi connectivity index (χ2n) is 6.16. The van der Waals surface area contributed by atoms with Crippen LogP contribution in [-0.2, 0) is 9.59 Å². The lowest BCUT2D eigenvalue weighted by molar-refractivity contribution is -0.227. The minimum absolute atomic E-state index is 0.187. The van der Waals surface area contributed by atoms with Crippen molar-refractivity contribution < 1.29 is 41.0 Å². The van der Waals surface area contributed by atoms with Gasteiger partial charge in [0.05, 0.1) is 5.92 Å². The molecule has 1 heterocycles. The van der Waals surface area contributed by atoms with Gasteiger partial charge in [-0.25, -0.2) is 0 Å². The fourth-order valence-electron chi connectivity index (χ4n) is 2.96. The zero-order valence-electron chi connectivity index (χ0n) is 13.3. The Bertz CT molecular complexity index is 673. The molecular weight excluding hydrogens is 368 g/mol. The van der Waals surface area contributed by atoms with Crippen molar-refractivity contribution in [2.75, 3.05) is 13.1 Å². The standard InChI is InChI=1S/C16H15F6NO3/c17-15(18,19)11(10-4-2-1-3-5-10)8-12(24)23-7-6-14(9-23,13(25)26)16(20,21)22/h1-5,11H,6-9H2,(H,25,26). The molecule has 1 aromatic rings. The third-order valence-corrected chi connectivity index (χ3v) is 4.55. The van der Waals surface area contributed by atoms with Gasteiger partial charge in [0.2, 0.25) is 5.91 Å². The van der Waals surface area contributed by atoms with Crippen LogP contribution in [0.1, 0.15) is 24.3 Å². The van der Waals surface area contributed by atoms with E-state index in [1.165, 1.54) is 30.3 Å². The summed E-state index contributed by atoms with van der Waals surface area (Å²) in [6.07, 6.45) is -11.9. The third-order valence-electron chi connectivity index (χ3n) is 4.55. The average Bonchev–Trinajstić information content (AvgIpc) is 2.99. The minimum atomic E-state index is -5.11. The SMILES string of the molecule is O=C(CC(c1ccccc1)C(F)(F)F)N1CCC(C(=O)O)(C(F)(F)F)C1. The maximum atomic E-state index is 13.3. The fraction of sp³-hybridized carbons (Fsp3) is 0.500. The molecular formula is C16H15F6NO3. The number of likely N-dealkylation sites (tertiary alicyclic amines) is 1. The number of aliphatic carboxylic acids is 1. The van der Waals surface area contributed by atoms with Crippen LogP contribution in [0.25, 0.3) is 0 Å². The van der Waals surface area contributed by atoms with Crippen LogP contribution in [0.2, 0.25) is 0 Å². The summed E-state index contributed by atoms with van der Waals surface area (Å²) in [7, 11) is 0. The van der Waals surface area contributed by atoms with Crippen molar-refractivity contribution in [1.82, 2.24) is 4.90 Å². The zero-order valence-corrected chi connectivity index (χ0v) is 13.3. The van der Waals surface area contributed by atoms with Gasteiger partial charge < -0.3 is 10.0 Å². The molecule has 1 aliphatic rings. The fourth-order valence-corrected chi connectivity index (χ4v) is 2.96. The number of nitrogens with zero attached hydrogens (tertiary/aromatic N) is 1. The number of hydrogen-bond donors (Lipinski definition) is 1. The Balaban J connectivity index is 2.20. The van der Waals surface area contributed by atoms with Crippen molar-refractivity contribution in [1.29, 1.82) is 0 Å². The molecule has 1 saturated heterocycles. The van der Waals surface area contributed by atoms with Gasteiger partial charge in [-0.3, -0.25) is 9.59 Å². The van der Waals surface area contributed by atoms with Crippen LogP contribution >= 0.6 is 0 Å². The van der Waals surface area contributed by atoms with E-state index in [1.807, 2.05) is 0 Å². The van der Waals surface area contributed by atoms with E-state index in [1.54, 1.807) is 0 Å². The van der Waals surface area contributed by atoms with E-state index in [-0.39, 0.29) is 5.56 Å². The van der Waals surface area contributed by atoms with E-state index < -0.39 is 61.5 Å². The van der Waals surface area contributed by atoms with Gasteiger partial charge in [0.1, 0.15) is 0 Å². The van der Waals surface area contributed by atoms with Crippen molar-refractivity contribution in [2.45, 2.75) is 31.1 Å². The van der Waals surface area contributed by atoms with Gasteiger partial charge >= 0.3 is 18.3 Å². The Labute approximate surface area is 144 Å². The summed E-state index contributed by atoms with van der Waals surface area (Å²) in [6, 6.07) is 6.55. The maximum absolute atomic E-state index is 13.3. The third kappa shape index (κ3) is 3.78. The summed E-state index contributed by atoms with van der Waals surface area (Å²) in [6.45, 7) is -1.76. The number of halogens is 6. The van der Waals surface area contributed by atoms with Crippen LogP contribution < -0.4 is 0 Å². The van der Waals surface area contributed by atoms with Crippen molar-refractivity contribution in [2.24, 2.45) is 5.41 Å². The van der Waals surface area contributed by atoms with Crippen LogP contribution in [0, 0.1) is 5.41 Å². The topological polar surface area (TPSA) is 57.6 Å². The maximum Gasteiger partial charge on any atom is 0.406 e. The lowest BCUT2D eigenvalue weighted by Gasteiger charge is -2.28. The summed E-state index contributed by atoms with van der Waals surface area (Å²) in [4.78, 5) is 23.8. The number of rotatable bonds is 4. The molecule has 2 rings (SSSR count). The Morgan fingerprint density at radius 3 is 2.12 bits per heavy atom. The Morgan fingerprint density at radius 2 is 1.69 bits per heavy atom. The summed E-state index contributed by atoms with van der Waals surface area (Å²) in [5.74, 6) is -5.49. The molecule has 0 radical (unpaired) electrons.